The van der Waals surface area contributed by atoms with E-state index in [1.54, 1.807) is 0 Å². The van der Waals surface area contributed by atoms with Crippen LogP contribution in [0.2, 0.25) is 0 Å². The van der Waals surface area contributed by atoms with E-state index in [-0.39, 0.29) is 10.3 Å². The molecule has 0 aromatic heterocycles. The molecule has 1 unspecified atom stereocenters. The highest BCUT2D eigenvalue weighted by atomic mass is 79.9. The average Bonchev–Trinajstić information content (AvgIpc) is 2.09. The van der Waals surface area contributed by atoms with E-state index in [0.29, 0.717) is 12.5 Å². The van der Waals surface area contributed by atoms with Crippen molar-refractivity contribution in [2.45, 2.75) is 37.9 Å². The molecule has 82 valence electrons. The molecule has 0 aromatic rings. The Balaban J connectivity index is 3.86. The first-order valence-corrected chi connectivity index (χ1v) is 5.69. The molecule has 0 aliphatic rings. The highest BCUT2D eigenvalue weighted by Gasteiger charge is 2.24. The molecule has 0 spiro atoms. The first kappa shape index (κ1) is 13.7. The van der Waals surface area contributed by atoms with Gasteiger partial charge in [0.2, 0.25) is 0 Å². The van der Waals surface area contributed by atoms with Crippen LogP contribution in [0.4, 0.5) is 0 Å². The van der Waals surface area contributed by atoms with E-state index in [2.05, 4.69) is 43.3 Å². The van der Waals surface area contributed by atoms with Gasteiger partial charge in [0.25, 0.3) is 0 Å². The topological polar surface area (TPSA) is 26.3 Å². The van der Waals surface area contributed by atoms with Gasteiger partial charge in [-0.1, -0.05) is 35.9 Å². The molecular weight excluding hydrogens is 244 g/mol. The lowest BCUT2D eigenvalue weighted by Crippen LogP contribution is -2.25. The molecule has 0 aromatic carbocycles. The predicted octanol–water partition coefficient (Wildman–Crippen LogP) is 3.31. The monoisotopic (exact) mass is 262 g/mol. The number of halogens is 1. The first-order valence-electron chi connectivity index (χ1n) is 4.90. The SMILES string of the molecule is C=CC(=O)OCCC(CC)C(C)(C)Br. The largest absolute Gasteiger partial charge is 0.463 e. The summed E-state index contributed by atoms with van der Waals surface area (Å²) < 4.78 is 5.04. The van der Waals surface area contributed by atoms with Crippen LogP contribution in [0.5, 0.6) is 0 Å². The van der Waals surface area contributed by atoms with Gasteiger partial charge in [0.05, 0.1) is 6.61 Å². The van der Waals surface area contributed by atoms with Gasteiger partial charge >= 0.3 is 5.97 Å². The smallest absolute Gasteiger partial charge is 0.330 e. The van der Waals surface area contributed by atoms with E-state index in [1.807, 2.05) is 0 Å². The Hall–Kier alpha value is -0.310. The molecule has 0 heterocycles. The van der Waals surface area contributed by atoms with Gasteiger partial charge in [-0.05, 0) is 26.2 Å². The van der Waals surface area contributed by atoms with Crippen molar-refractivity contribution in [2.24, 2.45) is 5.92 Å². The second-order valence-electron chi connectivity index (χ2n) is 3.83. The minimum Gasteiger partial charge on any atom is -0.463 e. The summed E-state index contributed by atoms with van der Waals surface area (Å²) in [6, 6.07) is 0. The fourth-order valence-electron chi connectivity index (χ4n) is 1.39. The molecule has 3 heteroatoms. The molecule has 1 atom stereocenters. The molecule has 0 bridgehead atoms. The summed E-state index contributed by atoms with van der Waals surface area (Å²) in [7, 11) is 0. The predicted molar refractivity (Wildman–Crippen MR) is 62.6 cm³/mol. The van der Waals surface area contributed by atoms with E-state index in [9.17, 15) is 4.79 Å². The van der Waals surface area contributed by atoms with Gasteiger partial charge in [-0.2, -0.15) is 0 Å². The Kier molecular flexibility index (Phi) is 6.09. The maximum Gasteiger partial charge on any atom is 0.330 e. The molecule has 0 radical (unpaired) electrons. The minimum absolute atomic E-state index is 0.0995. The van der Waals surface area contributed by atoms with Gasteiger partial charge in [-0.3, -0.25) is 0 Å². The van der Waals surface area contributed by atoms with E-state index < -0.39 is 0 Å². The van der Waals surface area contributed by atoms with Crippen molar-refractivity contribution in [3.05, 3.63) is 12.7 Å². The summed E-state index contributed by atoms with van der Waals surface area (Å²) in [4.78, 5) is 10.8. The third-order valence-corrected chi connectivity index (χ3v) is 2.99. The molecule has 0 rings (SSSR count). The average molecular weight is 263 g/mol. The van der Waals surface area contributed by atoms with E-state index in [0.717, 1.165) is 12.8 Å². The molecule has 0 amide bonds. The third kappa shape index (κ3) is 5.43. The second-order valence-corrected chi connectivity index (χ2v) is 5.87. The van der Waals surface area contributed by atoms with E-state index >= 15 is 0 Å². The normalized spacial score (nSPS) is 13.4. The Labute approximate surface area is 94.8 Å². The zero-order chi connectivity index (χ0) is 11.2. The maximum atomic E-state index is 10.8. The summed E-state index contributed by atoms with van der Waals surface area (Å²) in [6.07, 6.45) is 3.15. The highest BCUT2D eigenvalue weighted by molar-refractivity contribution is 9.10. The summed E-state index contributed by atoms with van der Waals surface area (Å²) in [6.45, 7) is 10.2. The van der Waals surface area contributed by atoms with Crippen LogP contribution in [0.15, 0.2) is 12.7 Å². The summed E-state index contributed by atoms with van der Waals surface area (Å²) in [5.41, 5.74) is 0. The van der Waals surface area contributed by atoms with Crippen LogP contribution in [-0.4, -0.2) is 16.9 Å². The number of esters is 1. The molecular formula is C11H19BrO2. The van der Waals surface area contributed by atoms with Crippen LogP contribution < -0.4 is 0 Å². The summed E-state index contributed by atoms with van der Waals surface area (Å²) in [5.74, 6) is 0.173. The molecule has 2 nitrogen and oxygen atoms in total. The lowest BCUT2D eigenvalue weighted by molar-refractivity contribution is -0.138. The Morgan fingerprint density at radius 2 is 2.21 bits per heavy atom. The highest BCUT2D eigenvalue weighted by Crippen LogP contribution is 2.31. The van der Waals surface area contributed by atoms with Crippen LogP contribution in [-0.2, 0) is 9.53 Å². The van der Waals surface area contributed by atoms with Gasteiger partial charge in [0, 0.05) is 10.4 Å². The van der Waals surface area contributed by atoms with Crippen molar-refractivity contribution in [3.63, 3.8) is 0 Å². The quantitative estimate of drug-likeness (QED) is 0.417. The standard InChI is InChI=1S/C11H19BrO2/c1-5-9(11(3,4)12)7-8-14-10(13)6-2/h6,9H,2,5,7-8H2,1,3-4H3. The van der Waals surface area contributed by atoms with Gasteiger partial charge < -0.3 is 4.74 Å². The molecule has 0 fully saturated rings. The summed E-state index contributed by atoms with van der Waals surface area (Å²) in [5, 5.41) is 0. The van der Waals surface area contributed by atoms with Crippen LogP contribution >= 0.6 is 15.9 Å². The molecule has 14 heavy (non-hydrogen) atoms. The molecule has 0 N–H and O–H groups in total. The molecule has 0 aliphatic heterocycles. The fraction of sp³-hybridized carbons (Fsp3) is 0.727. The fourth-order valence-corrected chi connectivity index (χ4v) is 1.95. The van der Waals surface area contributed by atoms with Crippen molar-refractivity contribution < 1.29 is 9.53 Å². The number of alkyl halides is 1. The Morgan fingerprint density at radius 3 is 2.57 bits per heavy atom. The zero-order valence-electron chi connectivity index (χ0n) is 9.18. The lowest BCUT2D eigenvalue weighted by atomic mass is 9.90. The number of rotatable bonds is 6. The second kappa shape index (κ2) is 6.23. The van der Waals surface area contributed by atoms with Crippen molar-refractivity contribution in [1.82, 2.24) is 0 Å². The van der Waals surface area contributed by atoms with Crippen molar-refractivity contribution in [1.29, 1.82) is 0 Å². The number of carbonyl (C=O) groups excluding carboxylic acids is 1. The zero-order valence-corrected chi connectivity index (χ0v) is 10.8. The number of hydrogen-bond donors (Lipinski definition) is 0. The van der Waals surface area contributed by atoms with Crippen LogP contribution in [0.25, 0.3) is 0 Å². The Morgan fingerprint density at radius 1 is 1.64 bits per heavy atom. The van der Waals surface area contributed by atoms with Gasteiger partial charge in [0.1, 0.15) is 0 Å². The van der Waals surface area contributed by atoms with Crippen molar-refractivity contribution in [2.75, 3.05) is 6.61 Å². The van der Waals surface area contributed by atoms with Crippen molar-refractivity contribution in [3.8, 4) is 0 Å². The maximum absolute atomic E-state index is 10.8. The molecule has 0 aliphatic carbocycles. The van der Waals surface area contributed by atoms with Crippen LogP contribution in [0.1, 0.15) is 33.6 Å². The third-order valence-electron chi connectivity index (χ3n) is 2.34. The molecule has 0 saturated carbocycles. The number of ether oxygens (including phenoxy) is 1. The van der Waals surface area contributed by atoms with Gasteiger partial charge in [0.15, 0.2) is 0 Å². The summed E-state index contributed by atoms with van der Waals surface area (Å²) >= 11 is 3.63. The number of hydrogen-bond acceptors (Lipinski definition) is 2. The number of carbonyl (C=O) groups is 1. The van der Waals surface area contributed by atoms with Gasteiger partial charge in [-0.25, -0.2) is 4.79 Å². The minimum atomic E-state index is -0.341. The van der Waals surface area contributed by atoms with Crippen LogP contribution in [0, 0.1) is 5.92 Å². The Bertz CT molecular complexity index is 194. The lowest BCUT2D eigenvalue weighted by Gasteiger charge is -2.27. The van der Waals surface area contributed by atoms with Crippen LogP contribution in [0.3, 0.4) is 0 Å². The first-order chi connectivity index (χ1) is 6.41. The van der Waals surface area contributed by atoms with Crippen molar-refractivity contribution >= 4 is 21.9 Å². The van der Waals surface area contributed by atoms with E-state index in [1.165, 1.54) is 6.08 Å². The van der Waals surface area contributed by atoms with Gasteiger partial charge in [-0.15, -0.1) is 0 Å². The molecule has 0 saturated heterocycles. The van der Waals surface area contributed by atoms with E-state index in [4.69, 9.17) is 4.74 Å².